The molecule has 4 heteroatoms. The number of carbonyl (C=O) groups excluding carboxylic acids is 1. The zero-order valence-electron chi connectivity index (χ0n) is 9.33. The summed E-state index contributed by atoms with van der Waals surface area (Å²) < 4.78 is 10.3. The van der Waals surface area contributed by atoms with Crippen LogP contribution in [0.1, 0.15) is 19.3 Å². The molecule has 2 heterocycles. The molecule has 0 unspecified atom stereocenters. The van der Waals surface area contributed by atoms with E-state index in [1.165, 1.54) is 0 Å². The van der Waals surface area contributed by atoms with Crippen molar-refractivity contribution in [3.63, 3.8) is 0 Å². The molecule has 4 nitrogen and oxygen atoms in total. The van der Waals surface area contributed by atoms with Gasteiger partial charge < -0.3 is 14.4 Å². The lowest BCUT2D eigenvalue weighted by atomic mass is 9.87. The van der Waals surface area contributed by atoms with Crippen molar-refractivity contribution in [3.05, 3.63) is 0 Å². The van der Waals surface area contributed by atoms with Crippen molar-refractivity contribution in [2.75, 3.05) is 40.0 Å². The maximum Gasteiger partial charge on any atom is 0.224 e. The van der Waals surface area contributed by atoms with Crippen molar-refractivity contribution in [2.45, 2.75) is 19.3 Å². The zero-order chi connectivity index (χ0) is 10.7. The molecule has 0 saturated carbocycles. The highest BCUT2D eigenvalue weighted by Gasteiger charge is 2.42. The zero-order valence-corrected chi connectivity index (χ0v) is 9.33. The van der Waals surface area contributed by atoms with Crippen LogP contribution in [0.5, 0.6) is 0 Å². The fourth-order valence-corrected chi connectivity index (χ4v) is 2.47. The molecule has 2 aliphatic heterocycles. The van der Waals surface area contributed by atoms with Gasteiger partial charge in [-0.3, -0.25) is 4.79 Å². The van der Waals surface area contributed by atoms with E-state index in [0.29, 0.717) is 13.0 Å². The topological polar surface area (TPSA) is 38.8 Å². The van der Waals surface area contributed by atoms with E-state index in [-0.39, 0.29) is 11.3 Å². The first-order valence-corrected chi connectivity index (χ1v) is 5.60. The normalized spacial score (nSPS) is 30.3. The van der Waals surface area contributed by atoms with Crippen LogP contribution in [0.3, 0.4) is 0 Å². The number of carbonyl (C=O) groups is 1. The van der Waals surface area contributed by atoms with Crippen molar-refractivity contribution in [1.29, 1.82) is 0 Å². The average molecular weight is 213 g/mol. The summed E-state index contributed by atoms with van der Waals surface area (Å²) in [5.74, 6) is 0.223. The molecule has 0 radical (unpaired) electrons. The van der Waals surface area contributed by atoms with Gasteiger partial charge in [-0.2, -0.15) is 0 Å². The van der Waals surface area contributed by atoms with Crippen LogP contribution >= 0.6 is 0 Å². The highest BCUT2D eigenvalue weighted by Crippen LogP contribution is 2.38. The van der Waals surface area contributed by atoms with Crippen molar-refractivity contribution in [1.82, 2.24) is 4.90 Å². The third kappa shape index (κ3) is 2.32. The standard InChI is InChI=1S/C11H19NO3/c1-14-6-2-10(13)12-5-3-11(8-12)4-7-15-9-11/h2-9H2,1H3/t11-/m0/s1. The number of methoxy groups -OCH3 is 1. The van der Waals surface area contributed by atoms with E-state index in [9.17, 15) is 4.79 Å². The van der Waals surface area contributed by atoms with Gasteiger partial charge in [0.2, 0.25) is 5.91 Å². The van der Waals surface area contributed by atoms with Crippen LogP contribution in [0.15, 0.2) is 0 Å². The molecular weight excluding hydrogens is 194 g/mol. The number of rotatable bonds is 3. The van der Waals surface area contributed by atoms with Gasteiger partial charge in [0.15, 0.2) is 0 Å². The quantitative estimate of drug-likeness (QED) is 0.691. The highest BCUT2D eigenvalue weighted by atomic mass is 16.5. The molecular formula is C11H19NO3. The van der Waals surface area contributed by atoms with E-state index >= 15 is 0 Å². The summed E-state index contributed by atoms with van der Waals surface area (Å²) in [4.78, 5) is 13.7. The molecule has 0 aromatic rings. The van der Waals surface area contributed by atoms with Crippen molar-refractivity contribution in [3.8, 4) is 0 Å². The van der Waals surface area contributed by atoms with E-state index in [0.717, 1.165) is 39.1 Å². The summed E-state index contributed by atoms with van der Waals surface area (Å²) in [5, 5.41) is 0. The minimum absolute atomic E-state index is 0.223. The Hall–Kier alpha value is -0.610. The summed E-state index contributed by atoms with van der Waals surface area (Å²) in [5.41, 5.74) is 0.280. The Morgan fingerprint density at radius 3 is 3.07 bits per heavy atom. The molecule has 2 fully saturated rings. The fourth-order valence-electron chi connectivity index (χ4n) is 2.47. The highest BCUT2D eigenvalue weighted by molar-refractivity contribution is 5.76. The van der Waals surface area contributed by atoms with Gasteiger partial charge in [-0.15, -0.1) is 0 Å². The summed E-state index contributed by atoms with van der Waals surface area (Å²) in [6.45, 7) is 4.00. The number of likely N-dealkylation sites (tertiary alicyclic amines) is 1. The molecule has 1 amide bonds. The predicted octanol–water partition coefficient (Wildman–Crippen LogP) is 0.662. The van der Waals surface area contributed by atoms with Crippen LogP contribution in [0, 0.1) is 5.41 Å². The van der Waals surface area contributed by atoms with Gasteiger partial charge in [-0.25, -0.2) is 0 Å². The molecule has 0 bridgehead atoms. The predicted molar refractivity (Wildman–Crippen MR) is 55.6 cm³/mol. The Balaban J connectivity index is 1.83. The summed E-state index contributed by atoms with van der Waals surface area (Å²) >= 11 is 0. The minimum atomic E-state index is 0.223. The molecule has 15 heavy (non-hydrogen) atoms. The number of nitrogens with zero attached hydrogens (tertiary/aromatic N) is 1. The smallest absolute Gasteiger partial charge is 0.224 e. The first-order valence-electron chi connectivity index (χ1n) is 5.60. The lowest BCUT2D eigenvalue weighted by molar-refractivity contribution is -0.131. The van der Waals surface area contributed by atoms with E-state index in [2.05, 4.69) is 0 Å². The van der Waals surface area contributed by atoms with Crippen LogP contribution in [0.4, 0.5) is 0 Å². The number of hydrogen-bond acceptors (Lipinski definition) is 3. The molecule has 0 aromatic heterocycles. The second kappa shape index (κ2) is 4.49. The van der Waals surface area contributed by atoms with E-state index in [4.69, 9.17) is 9.47 Å². The second-order valence-electron chi connectivity index (χ2n) is 4.61. The molecule has 1 atom stereocenters. The molecule has 0 aliphatic carbocycles. The molecule has 0 N–H and O–H groups in total. The Labute approximate surface area is 90.5 Å². The van der Waals surface area contributed by atoms with Crippen molar-refractivity contribution < 1.29 is 14.3 Å². The summed E-state index contributed by atoms with van der Waals surface area (Å²) in [7, 11) is 1.63. The molecule has 1 spiro atoms. The monoisotopic (exact) mass is 213 g/mol. The molecule has 0 aromatic carbocycles. The maximum absolute atomic E-state index is 11.7. The van der Waals surface area contributed by atoms with Gasteiger partial charge in [0.05, 0.1) is 19.6 Å². The number of ether oxygens (including phenoxy) is 2. The van der Waals surface area contributed by atoms with E-state index in [1.807, 2.05) is 4.90 Å². The third-order valence-corrected chi connectivity index (χ3v) is 3.50. The van der Waals surface area contributed by atoms with Crippen LogP contribution in [0.25, 0.3) is 0 Å². The summed E-state index contributed by atoms with van der Waals surface area (Å²) in [6.07, 6.45) is 2.72. The molecule has 86 valence electrons. The molecule has 2 rings (SSSR count). The van der Waals surface area contributed by atoms with Gasteiger partial charge in [0.25, 0.3) is 0 Å². The second-order valence-corrected chi connectivity index (χ2v) is 4.61. The lowest BCUT2D eigenvalue weighted by Gasteiger charge is -2.21. The Morgan fingerprint density at radius 2 is 2.40 bits per heavy atom. The van der Waals surface area contributed by atoms with E-state index < -0.39 is 0 Å². The summed E-state index contributed by atoms with van der Waals surface area (Å²) in [6, 6.07) is 0. The number of hydrogen-bond donors (Lipinski definition) is 0. The van der Waals surface area contributed by atoms with Gasteiger partial charge in [-0.1, -0.05) is 0 Å². The first kappa shape index (κ1) is 10.9. The van der Waals surface area contributed by atoms with Crippen molar-refractivity contribution >= 4 is 5.91 Å². The van der Waals surface area contributed by atoms with Gasteiger partial charge >= 0.3 is 0 Å². The van der Waals surface area contributed by atoms with Crippen molar-refractivity contribution in [2.24, 2.45) is 5.41 Å². The number of amides is 1. The van der Waals surface area contributed by atoms with Crippen LogP contribution < -0.4 is 0 Å². The maximum atomic E-state index is 11.7. The van der Waals surface area contributed by atoms with Gasteiger partial charge in [-0.05, 0) is 12.8 Å². The largest absolute Gasteiger partial charge is 0.384 e. The van der Waals surface area contributed by atoms with Crippen LogP contribution in [-0.4, -0.2) is 50.8 Å². The molecule has 2 aliphatic rings. The van der Waals surface area contributed by atoms with Gasteiger partial charge in [0.1, 0.15) is 0 Å². The first-order chi connectivity index (χ1) is 7.26. The third-order valence-electron chi connectivity index (χ3n) is 3.50. The average Bonchev–Trinajstić information content (AvgIpc) is 2.86. The Bertz CT molecular complexity index is 236. The molecule has 2 saturated heterocycles. The SMILES string of the molecule is COCCC(=O)N1CC[C@]2(CCOC2)C1. The van der Waals surface area contributed by atoms with Gasteiger partial charge in [0, 0.05) is 32.2 Å². The Morgan fingerprint density at radius 1 is 1.53 bits per heavy atom. The van der Waals surface area contributed by atoms with Crippen LogP contribution in [-0.2, 0) is 14.3 Å². The van der Waals surface area contributed by atoms with E-state index in [1.54, 1.807) is 7.11 Å². The Kier molecular flexibility index (Phi) is 3.26. The van der Waals surface area contributed by atoms with Crippen LogP contribution in [0.2, 0.25) is 0 Å². The minimum Gasteiger partial charge on any atom is -0.384 e. The fraction of sp³-hybridized carbons (Fsp3) is 0.909. The lowest BCUT2D eigenvalue weighted by Crippen LogP contribution is -2.32.